The van der Waals surface area contributed by atoms with E-state index < -0.39 is 0 Å². The van der Waals surface area contributed by atoms with Gasteiger partial charge in [-0.05, 0) is 36.6 Å². The van der Waals surface area contributed by atoms with Gasteiger partial charge in [-0.3, -0.25) is 4.98 Å². The zero-order valence-electron chi connectivity index (χ0n) is 8.96. The summed E-state index contributed by atoms with van der Waals surface area (Å²) in [6.45, 7) is 6.69. The first-order valence-corrected chi connectivity index (χ1v) is 5.44. The lowest BCUT2D eigenvalue weighted by atomic mass is 9.98. The Bertz CT molecular complexity index is 301. The Morgan fingerprint density at radius 2 is 2.36 bits per heavy atom. The lowest BCUT2D eigenvalue weighted by Crippen LogP contribution is -2.09. The van der Waals surface area contributed by atoms with Crippen molar-refractivity contribution in [2.45, 2.75) is 32.1 Å². The third-order valence-electron chi connectivity index (χ3n) is 2.95. The second-order valence-electron chi connectivity index (χ2n) is 4.36. The van der Waals surface area contributed by atoms with Gasteiger partial charge < -0.3 is 5.32 Å². The number of hydrogen-bond donors (Lipinski definition) is 1. The number of pyridine rings is 1. The van der Waals surface area contributed by atoms with Crippen molar-refractivity contribution in [3.8, 4) is 0 Å². The van der Waals surface area contributed by atoms with Crippen LogP contribution in [0.1, 0.15) is 43.4 Å². The van der Waals surface area contributed by atoms with Crippen LogP contribution in [0, 0.1) is 0 Å². The maximum absolute atomic E-state index is 4.46. The normalized spacial score (nSPS) is 21.8. The van der Waals surface area contributed by atoms with Crippen LogP contribution >= 0.6 is 0 Å². The SMILES string of the molecule is CC(C)c1ccnc(C2CCNC2)c1. The molecular weight excluding hydrogens is 172 g/mol. The highest BCUT2D eigenvalue weighted by atomic mass is 14.9. The molecule has 1 aliphatic heterocycles. The van der Waals surface area contributed by atoms with Crippen LogP contribution in [0.15, 0.2) is 18.3 Å². The summed E-state index contributed by atoms with van der Waals surface area (Å²) in [6.07, 6.45) is 3.18. The van der Waals surface area contributed by atoms with Gasteiger partial charge in [-0.15, -0.1) is 0 Å². The van der Waals surface area contributed by atoms with Crippen molar-refractivity contribution in [2.75, 3.05) is 13.1 Å². The van der Waals surface area contributed by atoms with Crippen LogP contribution in [0.4, 0.5) is 0 Å². The molecule has 0 aromatic carbocycles. The van der Waals surface area contributed by atoms with Gasteiger partial charge >= 0.3 is 0 Å². The molecule has 14 heavy (non-hydrogen) atoms. The van der Waals surface area contributed by atoms with E-state index in [1.165, 1.54) is 17.7 Å². The second-order valence-corrected chi connectivity index (χ2v) is 4.36. The minimum Gasteiger partial charge on any atom is -0.316 e. The Morgan fingerprint density at radius 3 is 3.00 bits per heavy atom. The molecule has 1 aromatic rings. The lowest BCUT2D eigenvalue weighted by Gasteiger charge is -2.11. The molecule has 1 aliphatic rings. The monoisotopic (exact) mass is 190 g/mol. The van der Waals surface area contributed by atoms with Crippen LogP contribution in [0.5, 0.6) is 0 Å². The molecule has 0 amide bonds. The highest BCUT2D eigenvalue weighted by Gasteiger charge is 2.18. The fraction of sp³-hybridized carbons (Fsp3) is 0.583. The standard InChI is InChI=1S/C12H18N2/c1-9(2)10-4-6-14-12(7-10)11-3-5-13-8-11/h4,6-7,9,11,13H,3,5,8H2,1-2H3. The van der Waals surface area contributed by atoms with Gasteiger partial charge in [-0.25, -0.2) is 0 Å². The molecule has 1 atom stereocenters. The van der Waals surface area contributed by atoms with Crippen LogP contribution in [-0.2, 0) is 0 Å². The predicted octanol–water partition coefficient (Wildman–Crippen LogP) is 2.28. The fourth-order valence-electron chi connectivity index (χ4n) is 1.96. The van der Waals surface area contributed by atoms with E-state index in [1.54, 1.807) is 0 Å². The number of rotatable bonds is 2. The zero-order chi connectivity index (χ0) is 9.97. The fourth-order valence-corrected chi connectivity index (χ4v) is 1.96. The summed E-state index contributed by atoms with van der Waals surface area (Å²) in [4.78, 5) is 4.46. The van der Waals surface area contributed by atoms with Crippen molar-refractivity contribution < 1.29 is 0 Å². The van der Waals surface area contributed by atoms with E-state index in [0.717, 1.165) is 13.1 Å². The number of nitrogens with zero attached hydrogens (tertiary/aromatic N) is 1. The zero-order valence-corrected chi connectivity index (χ0v) is 8.96. The Balaban J connectivity index is 2.21. The predicted molar refractivity (Wildman–Crippen MR) is 58.6 cm³/mol. The van der Waals surface area contributed by atoms with E-state index >= 15 is 0 Å². The summed E-state index contributed by atoms with van der Waals surface area (Å²) >= 11 is 0. The molecule has 1 fully saturated rings. The van der Waals surface area contributed by atoms with Crippen LogP contribution in [-0.4, -0.2) is 18.1 Å². The van der Waals surface area contributed by atoms with E-state index in [9.17, 15) is 0 Å². The highest BCUT2D eigenvalue weighted by Crippen LogP contribution is 2.23. The molecule has 76 valence electrons. The van der Waals surface area contributed by atoms with Gasteiger partial charge in [-0.2, -0.15) is 0 Å². The maximum atomic E-state index is 4.46. The van der Waals surface area contributed by atoms with Crippen molar-refractivity contribution in [3.05, 3.63) is 29.6 Å². The first-order chi connectivity index (χ1) is 6.77. The summed E-state index contributed by atoms with van der Waals surface area (Å²) in [5.74, 6) is 1.24. The molecule has 2 heterocycles. The molecule has 2 nitrogen and oxygen atoms in total. The van der Waals surface area contributed by atoms with Crippen LogP contribution in [0.3, 0.4) is 0 Å². The first-order valence-electron chi connectivity index (χ1n) is 5.44. The largest absolute Gasteiger partial charge is 0.316 e. The van der Waals surface area contributed by atoms with Gasteiger partial charge in [0.25, 0.3) is 0 Å². The van der Waals surface area contributed by atoms with E-state index in [-0.39, 0.29) is 0 Å². The molecule has 2 rings (SSSR count). The van der Waals surface area contributed by atoms with E-state index in [4.69, 9.17) is 0 Å². The smallest absolute Gasteiger partial charge is 0.0450 e. The molecule has 0 aliphatic carbocycles. The average Bonchev–Trinajstić information content (AvgIpc) is 2.71. The Kier molecular flexibility index (Phi) is 2.82. The summed E-state index contributed by atoms with van der Waals surface area (Å²) in [6, 6.07) is 4.39. The van der Waals surface area contributed by atoms with Gasteiger partial charge in [0.15, 0.2) is 0 Å². The quantitative estimate of drug-likeness (QED) is 0.774. The first kappa shape index (κ1) is 9.66. The minimum atomic E-state index is 0.603. The number of aromatic nitrogens is 1. The highest BCUT2D eigenvalue weighted by molar-refractivity contribution is 5.22. The molecule has 1 aromatic heterocycles. The van der Waals surface area contributed by atoms with E-state index in [2.05, 4.69) is 36.3 Å². The molecule has 1 saturated heterocycles. The van der Waals surface area contributed by atoms with E-state index in [0.29, 0.717) is 11.8 Å². The van der Waals surface area contributed by atoms with E-state index in [1.807, 2.05) is 6.20 Å². The maximum Gasteiger partial charge on any atom is 0.0450 e. The Labute approximate surface area is 85.7 Å². The number of hydrogen-bond acceptors (Lipinski definition) is 2. The van der Waals surface area contributed by atoms with Crippen molar-refractivity contribution in [2.24, 2.45) is 0 Å². The van der Waals surface area contributed by atoms with Crippen molar-refractivity contribution in [3.63, 3.8) is 0 Å². The summed E-state index contributed by atoms with van der Waals surface area (Å²) < 4.78 is 0. The van der Waals surface area contributed by atoms with Crippen LogP contribution < -0.4 is 5.32 Å². The molecule has 0 bridgehead atoms. The molecule has 2 heteroatoms. The molecule has 0 spiro atoms. The summed E-state index contributed by atoms with van der Waals surface area (Å²) in [7, 11) is 0. The van der Waals surface area contributed by atoms with Crippen molar-refractivity contribution >= 4 is 0 Å². The molecule has 0 saturated carbocycles. The van der Waals surface area contributed by atoms with Gasteiger partial charge in [0.1, 0.15) is 0 Å². The lowest BCUT2D eigenvalue weighted by molar-refractivity contribution is 0.728. The van der Waals surface area contributed by atoms with Gasteiger partial charge in [0.05, 0.1) is 0 Å². The van der Waals surface area contributed by atoms with Crippen LogP contribution in [0.25, 0.3) is 0 Å². The molecule has 1 N–H and O–H groups in total. The van der Waals surface area contributed by atoms with Gasteiger partial charge in [0.2, 0.25) is 0 Å². The molecule has 0 radical (unpaired) electrons. The third kappa shape index (κ3) is 1.95. The Morgan fingerprint density at radius 1 is 1.50 bits per heavy atom. The molecular formula is C12H18N2. The Hall–Kier alpha value is -0.890. The topological polar surface area (TPSA) is 24.9 Å². The summed E-state index contributed by atoms with van der Waals surface area (Å²) in [5, 5.41) is 3.38. The second kappa shape index (κ2) is 4.09. The van der Waals surface area contributed by atoms with Gasteiger partial charge in [0, 0.05) is 24.4 Å². The summed E-state index contributed by atoms with van der Waals surface area (Å²) in [5.41, 5.74) is 2.67. The third-order valence-corrected chi connectivity index (χ3v) is 2.95. The molecule has 1 unspecified atom stereocenters. The van der Waals surface area contributed by atoms with Crippen molar-refractivity contribution in [1.82, 2.24) is 10.3 Å². The number of nitrogens with one attached hydrogen (secondary N) is 1. The average molecular weight is 190 g/mol. The minimum absolute atomic E-state index is 0.603. The van der Waals surface area contributed by atoms with Gasteiger partial charge in [-0.1, -0.05) is 13.8 Å². The van der Waals surface area contributed by atoms with Crippen LogP contribution in [0.2, 0.25) is 0 Å². The van der Waals surface area contributed by atoms with Crippen molar-refractivity contribution in [1.29, 1.82) is 0 Å².